The van der Waals surface area contributed by atoms with Crippen LogP contribution in [-0.4, -0.2) is 20.9 Å². The lowest BCUT2D eigenvalue weighted by atomic mass is 10.0. The Morgan fingerprint density at radius 1 is 1.15 bits per heavy atom. The van der Waals surface area contributed by atoms with Crippen LogP contribution in [-0.2, 0) is 14.8 Å². The second-order valence-corrected chi connectivity index (χ2v) is 8.55. The Hall–Kier alpha value is -2.38. The molecule has 2 rings (SSSR count). The van der Waals surface area contributed by atoms with Gasteiger partial charge in [0.05, 0.1) is 4.90 Å². The molecular weight excluding hydrogens is 364 g/mol. The highest BCUT2D eigenvalue weighted by atomic mass is 32.2. The van der Waals surface area contributed by atoms with Crippen LogP contribution in [0.5, 0.6) is 5.75 Å². The molecule has 1 amide bonds. The maximum Gasteiger partial charge on any atom is 0.262 e. The number of carbonyl (C=O) groups excluding carboxylic acids is 1. The fraction of sp³-hybridized carbons (Fsp3) is 0.350. The molecule has 0 aliphatic heterocycles. The van der Waals surface area contributed by atoms with Crippen LogP contribution in [0.1, 0.15) is 42.0 Å². The Morgan fingerprint density at radius 3 is 2.41 bits per heavy atom. The highest BCUT2D eigenvalue weighted by Gasteiger charge is 2.15. The number of carbonyl (C=O) groups is 1. The molecule has 2 aromatic carbocycles. The van der Waals surface area contributed by atoms with E-state index in [1.165, 1.54) is 12.1 Å². The van der Waals surface area contributed by atoms with Crippen molar-refractivity contribution in [2.75, 3.05) is 11.9 Å². The molecule has 27 heavy (non-hydrogen) atoms. The molecular formula is C20H26N2O4S. The van der Waals surface area contributed by atoms with Crippen molar-refractivity contribution in [1.82, 2.24) is 0 Å². The second-order valence-electron chi connectivity index (χ2n) is 6.99. The summed E-state index contributed by atoms with van der Waals surface area (Å²) in [6.45, 7) is 9.46. The van der Waals surface area contributed by atoms with Gasteiger partial charge in [0.1, 0.15) is 5.75 Å². The molecule has 0 heterocycles. The number of nitrogens with one attached hydrogen (secondary N) is 1. The Labute approximate surface area is 160 Å². The van der Waals surface area contributed by atoms with Gasteiger partial charge >= 0.3 is 0 Å². The van der Waals surface area contributed by atoms with Crippen LogP contribution in [0.15, 0.2) is 35.2 Å². The van der Waals surface area contributed by atoms with E-state index in [0.29, 0.717) is 11.4 Å². The van der Waals surface area contributed by atoms with Gasteiger partial charge in [-0.3, -0.25) is 4.79 Å². The summed E-state index contributed by atoms with van der Waals surface area (Å²) in [5, 5.41) is 7.92. The van der Waals surface area contributed by atoms with E-state index in [1.807, 2.05) is 25.1 Å². The number of rotatable bonds is 6. The highest BCUT2D eigenvalue weighted by molar-refractivity contribution is 7.89. The molecule has 6 nitrogen and oxygen atoms in total. The average molecular weight is 391 g/mol. The van der Waals surface area contributed by atoms with Crippen molar-refractivity contribution in [2.45, 2.75) is 45.4 Å². The molecule has 0 saturated carbocycles. The Balaban J connectivity index is 2.18. The van der Waals surface area contributed by atoms with Crippen LogP contribution in [0.4, 0.5) is 5.69 Å². The topological polar surface area (TPSA) is 98.5 Å². The third-order valence-corrected chi connectivity index (χ3v) is 5.29. The molecule has 0 spiro atoms. The minimum atomic E-state index is -3.86. The molecule has 0 radical (unpaired) electrons. The SMILES string of the molecule is Cc1ccc(C(C)C)c(OCC(=O)Nc2cc(S(N)(=O)=O)cc(C)c2C)c1. The van der Waals surface area contributed by atoms with E-state index >= 15 is 0 Å². The molecule has 0 aliphatic rings. The first-order chi connectivity index (χ1) is 12.5. The van der Waals surface area contributed by atoms with Crippen molar-refractivity contribution in [3.05, 3.63) is 52.6 Å². The fourth-order valence-electron chi connectivity index (χ4n) is 2.69. The number of hydrogen-bond donors (Lipinski definition) is 2. The molecule has 2 aromatic rings. The quantitative estimate of drug-likeness (QED) is 0.790. The third-order valence-electron chi connectivity index (χ3n) is 4.39. The van der Waals surface area contributed by atoms with Crippen molar-refractivity contribution in [1.29, 1.82) is 0 Å². The minimum Gasteiger partial charge on any atom is -0.483 e. The summed E-state index contributed by atoms with van der Waals surface area (Å²) in [6, 6.07) is 8.75. The normalized spacial score (nSPS) is 11.5. The van der Waals surface area contributed by atoms with Crippen LogP contribution in [0.2, 0.25) is 0 Å². The van der Waals surface area contributed by atoms with Gasteiger partial charge in [-0.05, 0) is 67.1 Å². The maximum atomic E-state index is 12.4. The Kier molecular flexibility index (Phi) is 6.28. The standard InChI is InChI=1S/C20H26N2O4S/c1-12(2)17-7-6-13(3)8-19(17)26-11-20(23)22-18-10-16(27(21,24)25)9-14(4)15(18)5/h6-10,12H,11H2,1-5H3,(H,22,23)(H2,21,24,25). The fourth-order valence-corrected chi connectivity index (χ4v) is 3.32. The number of anilines is 1. The van der Waals surface area contributed by atoms with E-state index < -0.39 is 10.0 Å². The number of hydrogen-bond acceptors (Lipinski definition) is 4. The molecule has 7 heteroatoms. The average Bonchev–Trinajstić information content (AvgIpc) is 2.55. The first-order valence-corrected chi connectivity index (χ1v) is 10.2. The van der Waals surface area contributed by atoms with Gasteiger partial charge in [-0.2, -0.15) is 0 Å². The van der Waals surface area contributed by atoms with Gasteiger partial charge in [-0.1, -0.05) is 26.0 Å². The smallest absolute Gasteiger partial charge is 0.262 e. The van der Waals surface area contributed by atoms with Crippen LogP contribution >= 0.6 is 0 Å². The lowest BCUT2D eigenvalue weighted by Gasteiger charge is -2.16. The van der Waals surface area contributed by atoms with Crippen molar-refractivity contribution >= 4 is 21.6 Å². The predicted molar refractivity (Wildman–Crippen MR) is 107 cm³/mol. The second kappa shape index (κ2) is 8.10. The minimum absolute atomic E-state index is 0.0393. The number of amides is 1. The molecule has 0 saturated heterocycles. The van der Waals surface area contributed by atoms with Gasteiger partial charge in [0, 0.05) is 5.69 Å². The zero-order valence-electron chi connectivity index (χ0n) is 16.3. The first-order valence-electron chi connectivity index (χ1n) is 8.66. The number of benzene rings is 2. The van der Waals surface area contributed by atoms with Gasteiger partial charge in [0.25, 0.3) is 5.91 Å². The summed E-state index contributed by atoms with van der Waals surface area (Å²) in [5.74, 6) is 0.562. The number of sulfonamides is 1. The van der Waals surface area contributed by atoms with E-state index in [4.69, 9.17) is 9.88 Å². The van der Waals surface area contributed by atoms with Gasteiger partial charge in [0.15, 0.2) is 6.61 Å². The zero-order chi connectivity index (χ0) is 20.4. The number of aryl methyl sites for hydroxylation is 2. The summed E-state index contributed by atoms with van der Waals surface area (Å²) in [5.41, 5.74) is 3.97. The molecule has 146 valence electrons. The summed E-state index contributed by atoms with van der Waals surface area (Å²) >= 11 is 0. The lowest BCUT2D eigenvalue weighted by Crippen LogP contribution is -2.22. The molecule has 0 bridgehead atoms. The largest absolute Gasteiger partial charge is 0.483 e. The molecule has 0 fully saturated rings. The van der Waals surface area contributed by atoms with Crippen LogP contribution in [0, 0.1) is 20.8 Å². The van der Waals surface area contributed by atoms with Crippen LogP contribution in [0.25, 0.3) is 0 Å². The Morgan fingerprint density at radius 2 is 1.81 bits per heavy atom. The molecule has 3 N–H and O–H groups in total. The molecule has 0 aromatic heterocycles. The van der Waals surface area contributed by atoms with Crippen molar-refractivity contribution < 1.29 is 17.9 Å². The van der Waals surface area contributed by atoms with Gasteiger partial charge in [0.2, 0.25) is 10.0 Å². The number of primary sulfonamides is 1. The Bertz CT molecular complexity index is 966. The third kappa shape index (κ3) is 5.30. The van der Waals surface area contributed by atoms with Crippen molar-refractivity contribution in [3.63, 3.8) is 0 Å². The van der Waals surface area contributed by atoms with E-state index in [0.717, 1.165) is 22.3 Å². The van der Waals surface area contributed by atoms with Gasteiger partial charge in [-0.15, -0.1) is 0 Å². The zero-order valence-corrected chi connectivity index (χ0v) is 17.1. The van der Waals surface area contributed by atoms with Crippen molar-refractivity contribution in [2.24, 2.45) is 5.14 Å². The van der Waals surface area contributed by atoms with Crippen LogP contribution in [0.3, 0.4) is 0 Å². The van der Waals surface area contributed by atoms with Crippen LogP contribution < -0.4 is 15.2 Å². The summed E-state index contributed by atoms with van der Waals surface area (Å²) in [7, 11) is -3.86. The maximum absolute atomic E-state index is 12.4. The van der Waals surface area contributed by atoms with Gasteiger partial charge < -0.3 is 10.1 Å². The van der Waals surface area contributed by atoms with Crippen molar-refractivity contribution in [3.8, 4) is 5.75 Å². The number of ether oxygens (including phenoxy) is 1. The monoisotopic (exact) mass is 390 g/mol. The number of nitrogens with two attached hydrogens (primary N) is 1. The van der Waals surface area contributed by atoms with E-state index in [9.17, 15) is 13.2 Å². The molecule has 0 aliphatic carbocycles. The van der Waals surface area contributed by atoms with E-state index in [2.05, 4.69) is 19.2 Å². The first kappa shape index (κ1) is 20.9. The molecule has 0 atom stereocenters. The summed E-state index contributed by atoms with van der Waals surface area (Å²) in [6.07, 6.45) is 0. The van der Waals surface area contributed by atoms with E-state index in [-0.39, 0.29) is 23.3 Å². The summed E-state index contributed by atoms with van der Waals surface area (Å²) in [4.78, 5) is 12.3. The molecule has 0 unspecified atom stereocenters. The summed E-state index contributed by atoms with van der Waals surface area (Å²) < 4.78 is 29.0. The lowest BCUT2D eigenvalue weighted by molar-refractivity contribution is -0.118. The van der Waals surface area contributed by atoms with E-state index in [1.54, 1.807) is 13.8 Å². The highest BCUT2D eigenvalue weighted by Crippen LogP contribution is 2.28. The van der Waals surface area contributed by atoms with Gasteiger partial charge in [-0.25, -0.2) is 13.6 Å². The predicted octanol–water partition coefficient (Wildman–Crippen LogP) is 3.40.